The minimum Gasteiger partial charge on any atom is -0.341 e. The second-order valence-corrected chi connectivity index (χ2v) is 5.97. The van der Waals surface area contributed by atoms with Crippen LogP contribution in [0.25, 0.3) is 0 Å². The van der Waals surface area contributed by atoms with Gasteiger partial charge in [-0.3, -0.25) is 4.79 Å². The SMILES string of the molecule is CCCCCCCCCCC(=O)N1CCC[C@H](N)C1. The van der Waals surface area contributed by atoms with Crippen LogP contribution in [0, 0.1) is 0 Å². The zero-order valence-electron chi connectivity index (χ0n) is 12.7. The summed E-state index contributed by atoms with van der Waals surface area (Å²) in [4.78, 5) is 14.0. The van der Waals surface area contributed by atoms with Crippen molar-refractivity contribution in [2.24, 2.45) is 5.73 Å². The average molecular weight is 268 g/mol. The van der Waals surface area contributed by atoms with Gasteiger partial charge in [0, 0.05) is 25.6 Å². The van der Waals surface area contributed by atoms with E-state index >= 15 is 0 Å². The van der Waals surface area contributed by atoms with Gasteiger partial charge in [-0.15, -0.1) is 0 Å². The summed E-state index contributed by atoms with van der Waals surface area (Å²) in [6, 6.07) is 0.205. The Morgan fingerprint density at radius 1 is 1.11 bits per heavy atom. The summed E-state index contributed by atoms with van der Waals surface area (Å²) in [5.41, 5.74) is 5.90. The maximum atomic E-state index is 12.0. The molecular formula is C16H32N2O. The molecule has 2 N–H and O–H groups in total. The van der Waals surface area contributed by atoms with E-state index < -0.39 is 0 Å². The highest BCUT2D eigenvalue weighted by Gasteiger charge is 2.20. The van der Waals surface area contributed by atoms with Crippen LogP contribution in [0.1, 0.15) is 77.6 Å². The van der Waals surface area contributed by atoms with Gasteiger partial charge < -0.3 is 10.6 Å². The molecule has 0 unspecified atom stereocenters. The van der Waals surface area contributed by atoms with Crippen molar-refractivity contribution < 1.29 is 4.79 Å². The Balaban J connectivity index is 1.95. The van der Waals surface area contributed by atoms with Gasteiger partial charge in [0.05, 0.1) is 0 Å². The van der Waals surface area contributed by atoms with Crippen molar-refractivity contribution in [1.82, 2.24) is 4.90 Å². The number of piperidine rings is 1. The van der Waals surface area contributed by atoms with Crippen molar-refractivity contribution in [2.45, 2.75) is 83.6 Å². The lowest BCUT2D eigenvalue weighted by atomic mass is 10.0. The first-order valence-electron chi connectivity index (χ1n) is 8.27. The Morgan fingerprint density at radius 2 is 1.74 bits per heavy atom. The monoisotopic (exact) mass is 268 g/mol. The third kappa shape index (κ3) is 7.56. The van der Waals surface area contributed by atoms with Gasteiger partial charge in [-0.25, -0.2) is 0 Å². The summed E-state index contributed by atoms with van der Waals surface area (Å²) in [6.07, 6.45) is 13.2. The highest BCUT2D eigenvalue weighted by Crippen LogP contribution is 2.13. The molecule has 0 aliphatic carbocycles. The standard InChI is InChI=1S/C16H32N2O/c1-2-3-4-5-6-7-8-9-12-16(19)18-13-10-11-15(17)14-18/h15H,2-14,17H2,1H3/t15-/m0/s1. The molecule has 112 valence electrons. The normalized spacial score (nSPS) is 19.7. The second-order valence-electron chi connectivity index (χ2n) is 5.97. The summed E-state index contributed by atoms with van der Waals surface area (Å²) >= 11 is 0. The summed E-state index contributed by atoms with van der Waals surface area (Å²) < 4.78 is 0. The van der Waals surface area contributed by atoms with Gasteiger partial charge >= 0.3 is 0 Å². The Bertz CT molecular complexity index is 243. The summed E-state index contributed by atoms with van der Waals surface area (Å²) in [6.45, 7) is 3.94. The van der Waals surface area contributed by atoms with Gasteiger partial charge in [-0.05, 0) is 19.3 Å². The van der Waals surface area contributed by atoms with E-state index in [1.54, 1.807) is 0 Å². The van der Waals surface area contributed by atoms with Crippen LogP contribution in [-0.4, -0.2) is 29.9 Å². The minimum absolute atomic E-state index is 0.205. The van der Waals surface area contributed by atoms with Crippen molar-refractivity contribution in [3.05, 3.63) is 0 Å². The number of hydrogen-bond donors (Lipinski definition) is 1. The Kier molecular flexibility index (Phi) is 8.89. The van der Waals surface area contributed by atoms with Crippen molar-refractivity contribution in [1.29, 1.82) is 0 Å². The third-order valence-corrected chi connectivity index (χ3v) is 4.05. The predicted octanol–water partition coefficient (Wildman–Crippen LogP) is 3.47. The van der Waals surface area contributed by atoms with Crippen LogP contribution in [0.2, 0.25) is 0 Å². The highest BCUT2D eigenvalue weighted by molar-refractivity contribution is 5.76. The number of amides is 1. The smallest absolute Gasteiger partial charge is 0.222 e. The van der Waals surface area contributed by atoms with Crippen molar-refractivity contribution in [3.63, 3.8) is 0 Å². The molecule has 1 fully saturated rings. The summed E-state index contributed by atoms with van der Waals surface area (Å²) in [5.74, 6) is 0.320. The van der Waals surface area contributed by atoms with E-state index in [1.807, 2.05) is 4.90 Å². The molecule has 19 heavy (non-hydrogen) atoms. The molecule has 0 saturated carbocycles. The van der Waals surface area contributed by atoms with E-state index in [1.165, 1.54) is 44.9 Å². The Labute approximate surface area is 118 Å². The van der Waals surface area contributed by atoms with Gasteiger partial charge in [0.25, 0.3) is 0 Å². The number of carbonyl (C=O) groups is 1. The van der Waals surface area contributed by atoms with Crippen molar-refractivity contribution >= 4 is 5.91 Å². The van der Waals surface area contributed by atoms with Crippen LogP contribution in [0.5, 0.6) is 0 Å². The second kappa shape index (κ2) is 10.2. The molecular weight excluding hydrogens is 236 g/mol. The van der Waals surface area contributed by atoms with Crippen molar-refractivity contribution in [2.75, 3.05) is 13.1 Å². The van der Waals surface area contributed by atoms with E-state index in [-0.39, 0.29) is 6.04 Å². The van der Waals surface area contributed by atoms with Crippen LogP contribution in [0.4, 0.5) is 0 Å². The molecule has 0 radical (unpaired) electrons. The van der Waals surface area contributed by atoms with Gasteiger partial charge in [0.1, 0.15) is 0 Å². The molecule has 0 spiro atoms. The summed E-state index contributed by atoms with van der Waals surface area (Å²) in [7, 11) is 0. The maximum Gasteiger partial charge on any atom is 0.222 e. The molecule has 1 atom stereocenters. The van der Waals surface area contributed by atoms with E-state index in [2.05, 4.69) is 6.92 Å². The lowest BCUT2D eigenvalue weighted by Crippen LogP contribution is -2.45. The number of carbonyl (C=O) groups excluding carboxylic acids is 1. The molecule has 3 nitrogen and oxygen atoms in total. The minimum atomic E-state index is 0.205. The molecule has 1 saturated heterocycles. The quantitative estimate of drug-likeness (QED) is 0.651. The average Bonchev–Trinajstić information content (AvgIpc) is 2.41. The zero-order chi connectivity index (χ0) is 13.9. The molecule has 3 heteroatoms. The number of unbranched alkanes of at least 4 members (excludes halogenated alkanes) is 7. The van der Waals surface area contributed by atoms with E-state index in [9.17, 15) is 4.79 Å². The number of rotatable bonds is 9. The maximum absolute atomic E-state index is 12.0. The van der Waals surface area contributed by atoms with Crippen LogP contribution >= 0.6 is 0 Å². The van der Waals surface area contributed by atoms with Crippen LogP contribution in [0.3, 0.4) is 0 Å². The number of hydrogen-bond acceptors (Lipinski definition) is 2. The first-order valence-corrected chi connectivity index (χ1v) is 8.27. The molecule has 1 amide bonds. The van der Waals surface area contributed by atoms with E-state index in [0.717, 1.165) is 38.8 Å². The largest absolute Gasteiger partial charge is 0.341 e. The van der Waals surface area contributed by atoms with E-state index in [0.29, 0.717) is 5.91 Å². The topological polar surface area (TPSA) is 46.3 Å². The Morgan fingerprint density at radius 3 is 2.37 bits per heavy atom. The van der Waals surface area contributed by atoms with Crippen LogP contribution < -0.4 is 5.73 Å². The molecule has 1 aliphatic heterocycles. The van der Waals surface area contributed by atoms with E-state index in [4.69, 9.17) is 5.73 Å². The Hall–Kier alpha value is -0.570. The molecule has 0 bridgehead atoms. The van der Waals surface area contributed by atoms with Crippen LogP contribution in [0.15, 0.2) is 0 Å². The van der Waals surface area contributed by atoms with Gasteiger partial charge in [0.2, 0.25) is 5.91 Å². The zero-order valence-corrected chi connectivity index (χ0v) is 12.7. The molecule has 0 aromatic heterocycles. The fourth-order valence-electron chi connectivity index (χ4n) is 2.80. The van der Waals surface area contributed by atoms with Gasteiger partial charge in [0.15, 0.2) is 0 Å². The van der Waals surface area contributed by atoms with Gasteiger partial charge in [-0.1, -0.05) is 51.9 Å². The molecule has 1 heterocycles. The van der Waals surface area contributed by atoms with Gasteiger partial charge in [-0.2, -0.15) is 0 Å². The van der Waals surface area contributed by atoms with Crippen molar-refractivity contribution in [3.8, 4) is 0 Å². The summed E-state index contributed by atoms with van der Waals surface area (Å²) in [5, 5.41) is 0. The molecule has 1 aliphatic rings. The fourth-order valence-corrected chi connectivity index (χ4v) is 2.80. The lowest BCUT2D eigenvalue weighted by Gasteiger charge is -2.30. The lowest BCUT2D eigenvalue weighted by molar-refractivity contribution is -0.132. The number of nitrogens with two attached hydrogens (primary N) is 1. The number of nitrogens with zero attached hydrogens (tertiary/aromatic N) is 1. The molecule has 1 rings (SSSR count). The van der Waals surface area contributed by atoms with Crippen LogP contribution in [-0.2, 0) is 4.79 Å². The highest BCUT2D eigenvalue weighted by atomic mass is 16.2. The fraction of sp³-hybridized carbons (Fsp3) is 0.938. The predicted molar refractivity (Wildman–Crippen MR) is 81.0 cm³/mol. The first-order chi connectivity index (χ1) is 9.24. The first kappa shape index (κ1) is 16.5. The number of likely N-dealkylation sites (tertiary alicyclic amines) is 1. The third-order valence-electron chi connectivity index (χ3n) is 4.05. The molecule has 0 aromatic rings. The molecule has 0 aromatic carbocycles.